The second-order valence-electron chi connectivity index (χ2n) is 5.05. The third-order valence-corrected chi connectivity index (χ3v) is 4.59. The summed E-state index contributed by atoms with van der Waals surface area (Å²) in [5.74, 6) is 0. The molecule has 0 amide bonds. The molecule has 0 saturated carbocycles. The van der Waals surface area contributed by atoms with Gasteiger partial charge in [-0.15, -0.1) is 0 Å². The number of rotatable bonds is 8. The third kappa shape index (κ3) is 4.81. The molecule has 0 aliphatic heterocycles. The number of hydrogen-bond donors (Lipinski definition) is 2. The smallest absolute Gasteiger partial charge is 0.261 e. The number of sulfonamides is 1. The maximum atomic E-state index is 12.5. The molecule has 128 valence electrons. The summed E-state index contributed by atoms with van der Waals surface area (Å²) in [4.78, 5) is 5.30. The number of benzene rings is 2. The van der Waals surface area contributed by atoms with Crippen LogP contribution < -0.4 is 4.72 Å². The number of oxime groups is 1. The van der Waals surface area contributed by atoms with Crippen molar-refractivity contribution in [3.63, 3.8) is 0 Å². The zero-order valence-corrected chi connectivity index (χ0v) is 14.2. The Morgan fingerprint density at radius 1 is 1.12 bits per heavy atom. The number of aliphatic hydroxyl groups excluding tert-OH is 1. The molecule has 0 aliphatic rings. The summed E-state index contributed by atoms with van der Waals surface area (Å²) in [6.07, 6.45) is 0.485. The van der Waals surface area contributed by atoms with Crippen molar-refractivity contribution in [3.05, 3.63) is 60.2 Å². The van der Waals surface area contributed by atoms with E-state index < -0.39 is 10.0 Å². The fraction of sp³-hybridized carbons (Fsp3) is 0.235. The first-order valence-corrected chi connectivity index (χ1v) is 8.97. The second kappa shape index (κ2) is 8.47. The van der Waals surface area contributed by atoms with E-state index in [4.69, 9.17) is 9.94 Å². The lowest BCUT2D eigenvalue weighted by Gasteiger charge is -2.12. The van der Waals surface area contributed by atoms with E-state index in [9.17, 15) is 8.42 Å². The summed E-state index contributed by atoms with van der Waals surface area (Å²) in [6.45, 7) is 2.06. The fourth-order valence-corrected chi connectivity index (χ4v) is 3.11. The fourth-order valence-electron chi connectivity index (χ4n) is 2.01. The molecule has 0 fully saturated rings. The van der Waals surface area contributed by atoms with Gasteiger partial charge in [-0.1, -0.05) is 41.6 Å². The first kappa shape index (κ1) is 18.0. The predicted octanol–water partition coefficient (Wildman–Crippen LogP) is 2.61. The van der Waals surface area contributed by atoms with E-state index in [-0.39, 0.29) is 11.5 Å². The molecule has 0 aromatic heterocycles. The number of nitrogens with zero attached hydrogens (tertiary/aromatic N) is 1. The average molecular weight is 348 g/mol. The summed E-state index contributed by atoms with van der Waals surface area (Å²) >= 11 is 0. The Labute approximate surface area is 141 Å². The first-order chi connectivity index (χ1) is 11.5. The van der Waals surface area contributed by atoms with E-state index in [2.05, 4.69) is 9.88 Å². The summed E-state index contributed by atoms with van der Waals surface area (Å²) in [5.41, 5.74) is 1.59. The predicted molar refractivity (Wildman–Crippen MR) is 93.6 cm³/mol. The molecule has 0 saturated heterocycles. The summed E-state index contributed by atoms with van der Waals surface area (Å²) in [7, 11) is -3.68. The molecule has 7 heteroatoms. The minimum Gasteiger partial charge on any atom is -0.396 e. The number of aliphatic hydroxyl groups is 1. The van der Waals surface area contributed by atoms with E-state index in [1.54, 1.807) is 49.4 Å². The van der Waals surface area contributed by atoms with Crippen LogP contribution in [0.4, 0.5) is 5.69 Å². The Kier molecular flexibility index (Phi) is 6.34. The van der Waals surface area contributed by atoms with Crippen LogP contribution in [0.3, 0.4) is 0 Å². The molecule has 0 radical (unpaired) electrons. The molecule has 0 unspecified atom stereocenters. The van der Waals surface area contributed by atoms with Gasteiger partial charge in [0.15, 0.2) is 0 Å². The zero-order valence-electron chi connectivity index (χ0n) is 13.3. The van der Waals surface area contributed by atoms with Crippen molar-refractivity contribution in [2.24, 2.45) is 5.16 Å². The van der Waals surface area contributed by atoms with E-state index in [0.29, 0.717) is 30.0 Å². The molecule has 0 heterocycles. The van der Waals surface area contributed by atoms with E-state index in [1.165, 1.54) is 12.1 Å². The van der Waals surface area contributed by atoms with Crippen molar-refractivity contribution in [1.29, 1.82) is 0 Å². The van der Waals surface area contributed by atoms with E-state index in [1.807, 2.05) is 0 Å². The Morgan fingerprint density at radius 3 is 2.50 bits per heavy atom. The molecular formula is C17H20N2O4S. The highest BCUT2D eigenvalue weighted by atomic mass is 32.2. The van der Waals surface area contributed by atoms with Gasteiger partial charge >= 0.3 is 0 Å². The van der Waals surface area contributed by atoms with Gasteiger partial charge in [0.2, 0.25) is 0 Å². The zero-order chi connectivity index (χ0) is 17.4. The number of anilines is 1. The lowest BCUT2D eigenvalue weighted by Crippen LogP contribution is -2.15. The largest absolute Gasteiger partial charge is 0.396 e. The maximum absolute atomic E-state index is 12.5. The van der Waals surface area contributed by atoms with Crippen molar-refractivity contribution in [2.45, 2.75) is 18.2 Å². The van der Waals surface area contributed by atoms with Crippen molar-refractivity contribution < 1.29 is 18.4 Å². The van der Waals surface area contributed by atoms with Crippen LogP contribution in [0.25, 0.3) is 0 Å². The quantitative estimate of drug-likeness (QED) is 0.436. The van der Waals surface area contributed by atoms with Crippen LogP contribution in [0.1, 0.15) is 18.9 Å². The van der Waals surface area contributed by atoms with Crippen LogP contribution in [-0.4, -0.2) is 32.4 Å². The van der Waals surface area contributed by atoms with Gasteiger partial charge in [0.1, 0.15) is 6.61 Å². The maximum Gasteiger partial charge on any atom is 0.261 e. The van der Waals surface area contributed by atoms with Gasteiger partial charge in [-0.05, 0) is 25.1 Å². The van der Waals surface area contributed by atoms with Crippen molar-refractivity contribution in [1.82, 2.24) is 0 Å². The molecule has 0 bridgehead atoms. The lowest BCUT2D eigenvalue weighted by atomic mass is 10.1. The molecule has 2 rings (SSSR count). The highest BCUT2D eigenvalue weighted by molar-refractivity contribution is 7.92. The van der Waals surface area contributed by atoms with Crippen LogP contribution in [0.5, 0.6) is 0 Å². The monoisotopic (exact) mass is 348 g/mol. The molecule has 0 atom stereocenters. The van der Waals surface area contributed by atoms with Crippen LogP contribution in [0.15, 0.2) is 64.6 Å². The molecule has 0 aliphatic carbocycles. The SMILES string of the molecule is C/C(=N\OCCCO)c1ccccc1NS(=O)(=O)c1ccccc1. The average Bonchev–Trinajstić information content (AvgIpc) is 2.59. The normalized spacial score (nSPS) is 12.0. The highest BCUT2D eigenvalue weighted by Gasteiger charge is 2.16. The summed E-state index contributed by atoms with van der Waals surface area (Å²) < 4.78 is 27.5. The van der Waals surface area contributed by atoms with Gasteiger partial charge in [-0.3, -0.25) is 4.72 Å². The Balaban J connectivity index is 2.23. The van der Waals surface area contributed by atoms with Gasteiger partial charge in [-0.2, -0.15) is 0 Å². The molecule has 2 aromatic carbocycles. The van der Waals surface area contributed by atoms with Crippen LogP contribution >= 0.6 is 0 Å². The van der Waals surface area contributed by atoms with Crippen molar-refractivity contribution >= 4 is 21.4 Å². The molecule has 0 spiro atoms. The van der Waals surface area contributed by atoms with Gasteiger partial charge in [0, 0.05) is 18.6 Å². The Hall–Kier alpha value is -2.38. The standard InChI is InChI=1S/C17H20N2O4S/c1-14(18-23-13-7-12-20)16-10-5-6-11-17(16)19-24(21,22)15-8-3-2-4-9-15/h2-6,8-11,19-20H,7,12-13H2,1H3/b18-14+. The number of nitrogens with one attached hydrogen (secondary N) is 1. The Bertz CT molecular complexity index is 789. The molecule has 2 aromatic rings. The van der Waals surface area contributed by atoms with Crippen molar-refractivity contribution in [3.8, 4) is 0 Å². The van der Waals surface area contributed by atoms with E-state index >= 15 is 0 Å². The lowest BCUT2D eigenvalue weighted by molar-refractivity contribution is 0.124. The van der Waals surface area contributed by atoms with E-state index in [0.717, 1.165) is 0 Å². The van der Waals surface area contributed by atoms with Crippen LogP contribution in [-0.2, 0) is 14.9 Å². The topological polar surface area (TPSA) is 88.0 Å². The third-order valence-electron chi connectivity index (χ3n) is 3.21. The molecular weight excluding hydrogens is 328 g/mol. The minimum atomic E-state index is -3.68. The van der Waals surface area contributed by atoms with Gasteiger partial charge < -0.3 is 9.94 Å². The minimum absolute atomic E-state index is 0.0298. The molecule has 6 nitrogen and oxygen atoms in total. The number of hydrogen-bond acceptors (Lipinski definition) is 5. The molecule has 24 heavy (non-hydrogen) atoms. The second-order valence-corrected chi connectivity index (χ2v) is 6.73. The summed E-state index contributed by atoms with van der Waals surface area (Å²) in [5, 5.41) is 12.7. The highest BCUT2D eigenvalue weighted by Crippen LogP contribution is 2.20. The van der Waals surface area contributed by atoms with Crippen LogP contribution in [0.2, 0.25) is 0 Å². The number of para-hydroxylation sites is 1. The molecule has 2 N–H and O–H groups in total. The van der Waals surface area contributed by atoms with Gasteiger partial charge in [0.25, 0.3) is 10.0 Å². The summed E-state index contributed by atoms with van der Waals surface area (Å²) in [6, 6.07) is 15.1. The van der Waals surface area contributed by atoms with Crippen molar-refractivity contribution in [2.75, 3.05) is 17.9 Å². The first-order valence-electron chi connectivity index (χ1n) is 7.49. The van der Waals surface area contributed by atoms with Gasteiger partial charge in [0.05, 0.1) is 16.3 Å². The van der Waals surface area contributed by atoms with Gasteiger partial charge in [-0.25, -0.2) is 8.42 Å². The Morgan fingerprint density at radius 2 is 1.79 bits per heavy atom. The van der Waals surface area contributed by atoms with Crippen LogP contribution in [0, 0.1) is 0 Å².